The molecule has 2 aromatic carbocycles. The summed E-state index contributed by atoms with van der Waals surface area (Å²) in [4.78, 5) is 0.0583. The summed E-state index contributed by atoms with van der Waals surface area (Å²) in [6.07, 6.45) is 0.822. The molecule has 0 heterocycles. The van der Waals surface area contributed by atoms with Crippen molar-refractivity contribution in [3.8, 4) is 0 Å². The van der Waals surface area contributed by atoms with Crippen molar-refractivity contribution in [1.82, 2.24) is 0 Å². The highest BCUT2D eigenvalue weighted by Gasteiger charge is 2.14. The molecule has 0 radical (unpaired) electrons. The van der Waals surface area contributed by atoms with Gasteiger partial charge < -0.3 is 0 Å². The molecule has 2 aromatic rings. The Morgan fingerprint density at radius 1 is 0.864 bits per heavy atom. The van der Waals surface area contributed by atoms with Gasteiger partial charge in [0.2, 0.25) is 10.0 Å². The number of anilines is 1. The lowest BCUT2D eigenvalue weighted by Gasteiger charge is -2.09. The van der Waals surface area contributed by atoms with E-state index in [2.05, 4.69) is 4.72 Å². The van der Waals surface area contributed by atoms with E-state index < -0.39 is 20.0 Å². The molecule has 0 atom stereocenters. The molecule has 118 valence electrons. The number of sulfonamides is 2. The lowest BCUT2D eigenvalue weighted by Crippen LogP contribution is -2.14. The van der Waals surface area contributed by atoms with Crippen molar-refractivity contribution in [2.45, 2.75) is 23.1 Å². The molecule has 0 aliphatic carbocycles. The van der Waals surface area contributed by atoms with Gasteiger partial charge >= 0.3 is 0 Å². The van der Waals surface area contributed by atoms with E-state index in [-0.39, 0.29) is 15.5 Å². The molecule has 0 fully saturated rings. The Morgan fingerprint density at radius 3 is 1.82 bits per heavy atom. The van der Waals surface area contributed by atoms with Crippen LogP contribution in [0.5, 0.6) is 0 Å². The third-order valence-electron chi connectivity index (χ3n) is 3.08. The van der Waals surface area contributed by atoms with E-state index >= 15 is 0 Å². The van der Waals surface area contributed by atoms with Gasteiger partial charge in [-0.25, -0.2) is 22.0 Å². The van der Waals surface area contributed by atoms with Gasteiger partial charge in [-0.1, -0.05) is 19.1 Å². The van der Waals surface area contributed by atoms with Crippen molar-refractivity contribution in [1.29, 1.82) is 0 Å². The van der Waals surface area contributed by atoms with E-state index in [0.717, 1.165) is 12.0 Å². The second-order valence-electron chi connectivity index (χ2n) is 4.67. The second kappa shape index (κ2) is 6.07. The van der Waals surface area contributed by atoms with Gasteiger partial charge in [-0.2, -0.15) is 0 Å². The molecule has 8 heteroatoms. The first-order chi connectivity index (χ1) is 10.2. The van der Waals surface area contributed by atoms with Gasteiger partial charge in [-0.05, 0) is 48.4 Å². The molecule has 22 heavy (non-hydrogen) atoms. The number of hydrogen-bond donors (Lipinski definition) is 2. The van der Waals surface area contributed by atoms with Crippen LogP contribution in [0.15, 0.2) is 58.3 Å². The Hall–Kier alpha value is -1.90. The van der Waals surface area contributed by atoms with Gasteiger partial charge in [-0.3, -0.25) is 4.72 Å². The second-order valence-corrected chi connectivity index (χ2v) is 7.92. The zero-order valence-electron chi connectivity index (χ0n) is 11.9. The van der Waals surface area contributed by atoms with Gasteiger partial charge in [0.05, 0.1) is 9.79 Å². The zero-order chi connectivity index (χ0) is 16.4. The summed E-state index contributed by atoms with van der Waals surface area (Å²) in [5.74, 6) is 0. The van der Waals surface area contributed by atoms with Gasteiger partial charge in [0.1, 0.15) is 0 Å². The Balaban J connectivity index is 2.24. The molecule has 0 saturated heterocycles. The van der Waals surface area contributed by atoms with Crippen LogP contribution in [0.3, 0.4) is 0 Å². The molecule has 0 aliphatic rings. The molecule has 6 nitrogen and oxygen atoms in total. The number of nitrogens with one attached hydrogen (secondary N) is 1. The Bertz CT molecular complexity index is 856. The first-order valence-corrected chi connectivity index (χ1v) is 9.50. The number of nitrogens with two attached hydrogens (primary N) is 1. The van der Waals surface area contributed by atoms with Crippen LogP contribution in [-0.2, 0) is 26.5 Å². The number of benzene rings is 2. The molecule has 0 amide bonds. The van der Waals surface area contributed by atoms with E-state index in [1.54, 1.807) is 12.1 Å². The van der Waals surface area contributed by atoms with Gasteiger partial charge in [0, 0.05) is 5.69 Å². The fourth-order valence-electron chi connectivity index (χ4n) is 1.83. The van der Waals surface area contributed by atoms with E-state index in [9.17, 15) is 16.8 Å². The predicted molar refractivity (Wildman–Crippen MR) is 84.4 cm³/mol. The van der Waals surface area contributed by atoms with Crippen molar-refractivity contribution in [2.75, 3.05) is 4.72 Å². The highest BCUT2D eigenvalue weighted by molar-refractivity contribution is 7.92. The molecular weight excluding hydrogens is 324 g/mol. The molecule has 0 unspecified atom stereocenters. The van der Waals surface area contributed by atoms with Crippen LogP contribution in [-0.4, -0.2) is 16.8 Å². The quantitative estimate of drug-likeness (QED) is 0.864. The number of primary sulfonamides is 1. The SMILES string of the molecule is CCc1ccc(S(=O)(=O)Nc2ccc(S(N)(=O)=O)cc2)cc1. The maximum absolute atomic E-state index is 12.2. The monoisotopic (exact) mass is 340 g/mol. The Kier molecular flexibility index (Phi) is 4.55. The van der Waals surface area contributed by atoms with Gasteiger partial charge in [0.25, 0.3) is 10.0 Å². The summed E-state index contributed by atoms with van der Waals surface area (Å²) in [6, 6.07) is 11.7. The van der Waals surface area contributed by atoms with Crippen molar-refractivity contribution < 1.29 is 16.8 Å². The lowest BCUT2D eigenvalue weighted by atomic mass is 10.2. The van der Waals surface area contributed by atoms with Crippen LogP contribution in [0, 0.1) is 0 Å². The number of aryl methyl sites for hydroxylation is 1. The first-order valence-electron chi connectivity index (χ1n) is 6.47. The predicted octanol–water partition coefficient (Wildman–Crippen LogP) is 1.70. The number of hydrogen-bond acceptors (Lipinski definition) is 4. The van der Waals surface area contributed by atoms with Gasteiger partial charge in [0.15, 0.2) is 0 Å². The summed E-state index contributed by atoms with van der Waals surface area (Å²) < 4.78 is 49.1. The van der Waals surface area contributed by atoms with Crippen LogP contribution < -0.4 is 9.86 Å². The van der Waals surface area contributed by atoms with Crippen LogP contribution in [0.25, 0.3) is 0 Å². The average Bonchev–Trinajstić information content (AvgIpc) is 2.46. The maximum Gasteiger partial charge on any atom is 0.261 e. The van der Waals surface area contributed by atoms with E-state index in [4.69, 9.17) is 5.14 Å². The minimum Gasteiger partial charge on any atom is -0.280 e. The number of rotatable bonds is 5. The minimum absolute atomic E-state index is 0.0808. The molecule has 0 spiro atoms. The zero-order valence-corrected chi connectivity index (χ0v) is 13.5. The van der Waals surface area contributed by atoms with Crippen LogP contribution in [0.2, 0.25) is 0 Å². The average molecular weight is 340 g/mol. The van der Waals surface area contributed by atoms with Crippen LogP contribution in [0.1, 0.15) is 12.5 Å². The molecule has 0 aliphatic heterocycles. The summed E-state index contributed by atoms with van der Waals surface area (Å²) >= 11 is 0. The highest BCUT2D eigenvalue weighted by atomic mass is 32.2. The molecule has 0 aromatic heterocycles. The van der Waals surface area contributed by atoms with Gasteiger partial charge in [-0.15, -0.1) is 0 Å². The summed E-state index contributed by atoms with van der Waals surface area (Å²) in [7, 11) is -7.52. The standard InChI is InChI=1S/C14H16N2O4S2/c1-2-11-3-7-14(8-4-11)22(19,20)16-12-5-9-13(10-6-12)21(15,17)18/h3-10,16H,2H2,1H3,(H2,15,17,18). The topological polar surface area (TPSA) is 106 Å². The van der Waals surface area contributed by atoms with Crippen LogP contribution >= 0.6 is 0 Å². The summed E-state index contributed by atoms with van der Waals surface area (Å²) in [6.45, 7) is 1.98. The summed E-state index contributed by atoms with van der Waals surface area (Å²) in [5.41, 5.74) is 1.29. The molecule has 0 saturated carbocycles. The highest BCUT2D eigenvalue weighted by Crippen LogP contribution is 2.18. The van der Waals surface area contributed by atoms with Crippen molar-refractivity contribution in [3.63, 3.8) is 0 Å². The Morgan fingerprint density at radius 2 is 1.36 bits per heavy atom. The minimum atomic E-state index is -3.80. The Labute approximate surface area is 130 Å². The van der Waals surface area contributed by atoms with E-state index in [1.807, 2.05) is 6.92 Å². The fraction of sp³-hybridized carbons (Fsp3) is 0.143. The lowest BCUT2D eigenvalue weighted by molar-refractivity contribution is 0.597. The molecule has 0 bridgehead atoms. The van der Waals surface area contributed by atoms with Crippen LogP contribution in [0.4, 0.5) is 5.69 Å². The normalized spacial score (nSPS) is 12.1. The van der Waals surface area contributed by atoms with E-state index in [0.29, 0.717) is 0 Å². The van der Waals surface area contributed by atoms with Crippen molar-refractivity contribution >= 4 is 25.7 Å². The maximum atomic E-state index is 12.2. The summed E-state index contributed by atoms with van der Waals surface area (Å²) in [5, 5.41) is 4.99. The first kappa shape index (κ1) is 16.5. The fourth-order valence-corrected chi connectivity index (χ4v) is 3.41. The van der Waals surface area contributed by atoms with Crippen molar-refractivity contribution in [2.24, 2.45) is 5.14 Å². The molecule has 2 rings (SSSR count). The third-order valence-corrected chi connectivity index (χ3v) is 5.40. The third kappa shape index (κ3) is 3.85. The smallest absolute Gasteiger partial charge is 0.261 e. The van der Waals surface area contributed by atoms with Crippen molar-refractivity contribution in [3.05, 3.63) is 54.1 Å². The largest absolute Gasteiger partial charge is 0.280 e. The molecular formula is C14H16N2O4S2. The molecule has 3 N–H and O–H groups in total. The van der Waals surface area contributed by atoms with E-state index in [1.165, 1.54) is 36.4 Å².